The van der Waals surface area contributed by atoms with Crippen molar-refractivity contribution >= 4 is 26.7 Å². The fourth-order valence-corrected chi connectivity index (χ4v) is 3.27. The van der Waals surface area contributed by atoms with Crippen molar-refractivity contribution in [2.75, 3.05) is 17.7 Å². The molecule has 22 heavy (non-hydrogen) atoms. The highest BCUT2D eigenvalue weighted by Gasteiger charge is 2.15. The van der Waals surface area contributed by atoms with E-state index in [9.17, 15) is 8.42 Å². The predicted octanol–water partition coefficient (Wildman–Crippen LogP) is 2.10. The molecule has 0 saturated carbocycles. The lowest BCUT2D eigenvalue weighted by Crippen LogP contribution is -2.10. The van der Waals surface area contributed by atoms with E-state index in [1.807, 2.05) is 6.92 Å². The molecule has 0 radical (unpaired) electrons. The zero-order valence-electron chi connectivity index (χ0n) is 13.5. The van der Waals surface area contributed by atoms with Crippen LogP contribution < -0.4 is 5.73 Å². The van der Waals surface area contributed by atoms with E-state index in [0.29, 0.717) is 18.8 Å². The van der Waals surface area contributed by atoms with Gasteiger partial charge >= 0.3 is 0 Å². The Labute approximate surface area is 131 Å². The summed E-state index contributed by atoms with van der Waals surface area (Å²) in [7, 11) is -2.95. The van der Waals surface area contributed by atoms with Gasteiger partial charge in [-0.2, -0.15) is 0 Å². The van der Waals surface area contributed by atoms with E-state index in [1.54, 1.807) is 6.20 Å². The molecule has 0 fully saturated rings. The molecule has 7 heteroatoms. The summed E-state index contributed by atoms with van der Waals surface area (Å²) in [5.41, 5.74) is 8.67. The first-order valence-corrected chi connectivity index (χ1v) is 9.67. The highest BCUT2D eigenvalue weighted by molar-refractivity contribution is 7.90. The molecule has 2 rings (SSSR count). The van der Waals surface area contributed by atoms with Crippen molar-refractivity contribution in [2.24, 2.45) is 0 Å². The molecule has 2 heterocycles. The van der Waals surface area contributed by atoms with Crippen LogP contribution >= 0.6 is 0 Å². The lowest BCUT2D eigenvalue weighted by Gasteiger charge is -2.10. The number of sulfone groups is 1. The van der Waals surface area contributed by atoms with E-state index in [1.165, 1.54) is 6.26 Å². The Kier molecular flexibility index (Phi) is 5.05. The number of nitrogens with zero attached hydrogens (tertiary/aromatic N) is 3. The van der Waals surface area contributed by atoms with E-state index in [0.717, 1.165) is 41.7 Å². The first-order chi connectivity index (χ1) is 10.3. The summed E-state index contributed by atoms with van der Waals surface area (Å²) >= 11 is 0. The summed E-state index contributed by atoms with van der Waals surface area (Å²) in [6.07, 6.45) is 6.58. The smallest absolute Gasteiger partial charge is 0.151 e. The Bertz CT molecular complexity index is 765. The molecule has 2 aromatic rings. The second kappa shape index (κ2) is 6.64. The van der Waals surface area contributed by atoms with Gasteiger partial charge in [0.25, 0.3) is 0 Å². The maximum absolute atomic E-state index is 11.3. The Morgan fingerprint density at radius 1 is 1.32 bits per heavy atom. The minimum Gasteiger partial charge on any atom is -0.382 e. The van der Waals surface area contributed by atoms with Crippen molar-refractivity contribution in [2.45, 2.75) is 46.1 Å². The van der Waals surface area contributed by atoms with Gasteiger partial charge in [-0.25, -0.2) is 18.4 Å². The number of imidazole rings is 1. The van der Waals surface area contributed by atoms with Crippen LogP contribution in [0.15, 0.2) is 6.20 Å². The highest BCUT2D eigenvalue weighted by atomic mass is 32.2. The zero-order chi connectivity index (χ0) is 16.3. The maximum atomic E-state index is 11.3. The van der Waals surface area contributed by atoms with Gasteiger partial charge in [-0.3, -0.25) is 0 Å². The molecule has 6 nitrogen and oxygen atoms in total. The van der Waals surface area contributed by atoms with E-state index >= 15 is 0 Å². The first-order valence-electron chi connectivity index (χ1n) is 7.61. The van der Waals surface area contributed by atoms with Crippen LogP contribution in [0.3, 0.4) is 0 Å². The fourth-order valence-electron chi connectivity index (χ4n) is 2.62. The summed E-state index contributed by atoms with van der Waals surface area (Å²) < 4.78 is 24.8. The number of hydrogen-bond donors (Lipinski definition) is 1. The number of pyridine rings is 1. The van der Waals surface area contributed by atoms with Gasteiger partial charge in [0, 0.05) is 25.4 Å². The average Bonchev–Trinajstić information content (AvgIpc) is 2.79. The van der Waals surface area contributed by atoms with Gasteiger partial charge in [0.15, 0.2) is 5.82 Å². The van der Waals surface area contributed by atoms with Crippen LogP contribution in [0, 0.1) is 6.92 Å². The van der Waals surface area contributed by atoms with Crippen molar-refractivity contribution in [3.8, 4) is 0 Å². The van der Waals surface area contributed by atoms with E-state index in [4.69, 9.17) is 5.73 Å². The molecular formula is C15H24N4O2S. The van der Waals surface area contributed by atoms with Crippen LogP contribution in [-0.2, 0) is 22.8 Å². The molecule has 0 saturated heterocycles. The molecule has 0 atom stereocenters. The number of nitrogens with two attached hydrogens (primary N) is 1. The monoisotopic (exact) mass is 324 g/mol. The van der Waals surface area contributed by atoms with Crippen LogP contribution in [0.5, 0.6) is 0 Å². The third-order valence-corrected chi connectivity index (χ3v) is 4.74. The number of fused-ring (bicyclic) bond motifs is 1. The zero-order valence-corrected chi connectivity index (χ0v) is 14.3. The number of nitrogen functional groups attached to an aromatic ring is 1. The predicted molar refractivity (Wildman–Crippen MR) is 89.6 cm³/mol. The van der Waals surface area contributed by atoms with E-state index in [-0.39, 0.29) is 5.75 Å². The number of anilines is 1. The van der Waals surface area contributed by atoms with Crippen LogP contribution in [0.4, 0.5) is 5.82 Å². The van der Waals surface area contributed by atoms with E-state index in [2.05, 4.69) is 21.5 Å². The second-order valence-electron chi connectivity index (χ2n) is 5.79. The molecule has 0 amide bonds. The molecule has 0 bridgehead atoms. The van der Waals surface area contributed by atoms with Crippen molar-refractivity contribution in [3.63, 3.8) is 0 Å². The Hall–Kier alpha value is -1.63. The minimum absolute atomic E-state index is 0.180. The number of unbranched alkanes of at least 4 members (excludes halogenated alkanes) is 1. The van der Waals surface area contributed by atoms with Crippen LogP contribution in [0.25, 0.3) is 11.0 Å². The van der Waals surface area contributed by atoms with Gasteiger partial charge in [-0.1, -0.05) is 13.3 Å². The average molecular weight is 324 g/mol. The summed E-state index contributed by atoms with van der Waals surface area (Å²) in [6, 6.07) is 0. The molecule has 0 aliphatic rings. The summed E-state index contributed by atoms with van der Waals surface area (Å²) in [6.45, 7) is 4.75. The molecule has 0 unspecified atom stereocenters. The molecule has 0 aromatic carbocycles. The van der Waals surface area contributed by atoms with Gasteiger partial charge in [-0.05, 0) is 25.3 Å². The maximum Gasteiger partial charge on any atom is 0.151 e. The lowest BCUT2D eigenvalue weighted by atomic mass is 10.2. The van der Waals surface area contributed by atoms with Gasteiger partial charge < -0.3 is 10.3 Å². The summed E-state index contributed by atoms with van der Waals surface area (Å²) in [5, 5.41) is 0. The minimum atomic E-state index is -2.95. The van der Waals surface area contributed by atoms with Crippen LogP contribution in [-0.4, -0.2) is 35.0 Å². The molecule has 0 aliphatic carbocycles. The van der Waals surface area contributed by atoms with E-state index < -0.39 is 9.84 Å². The number of aromatic nitrogens is 3. The van der Waals surface area contributed by atoms with Crippen molar-refractivity contribution in [3.05, 3.63) is 17.6 Å². The van der Waals surface area contributed by atoms with Gasteiger partial charge in [0.05, 0.1) is 11.3 Å². The van der Waals surface area contributed by atoms with Crippen molar-refractivity contribution < 1.29 is 8.42 Å². The molecule has 0 aliphatic heterocycles. The molecule has 0 spiro atoms. The number of aryl methyl sites for hydroxylation is 3. The topological polar surface area (TPSA) is 90.9 Å². The standard InChI is InChI=1S/C15H24N4O2S/c1-4-5-7-12-18-13-14(11(2)10-17-15(13)16)19(12)8-6-9-22(3,20)21/h10H,4-9H2,1-3H3,(H2,16,17). The highest BCUT2D eigenvalue weighted by Crippen LogP contribution is 2.24. The molecule has 122 valence electrons. The largest absolute Gasteiger partial charge is 0.382 e. The quantitative estimate of drug-likeness (QED) is 0.842. The van der Waals surface area contributed by atoms with Crippen LogP contribution in [0.1, 0.15) is 37.6 Å². The van der Waals surface area contributed by atoms with Crippen molar-refractivity contribution in [1.29, 1.82) is 0 Å². The normalized spacial score (nSPS) is 12.1. The Morgan fingerprint density at radius 3 is 2.68 bits per heavy atom. The Morgan fingerprint density at radius 2 is 2.05 bits per heavy atom. The SMILES string of the molecule is CCCCc1nc2c(N)ncc(C)c2n1CCCS(C)(=O)=O. The van der Waals surface area contributed by atoms with Gasteiger partial charge in [0.1, 0.15) is 21.2 Å². The number of rotatable bonds is 7. The Balaban J connectivity index is 2.41. The third kappa shape index (κ3) is 3.76. The molecular weight excluding hydrogens is 300 g/mol. The fraction of sp³-hybridized carbons (Fsp3) is 0.600. The molecule has 2 N–H and O–H groups in total. The van der Waals surface area contributed by atoms with Gasteiger partial charge in [0.2, 0.25) is 0 Å². The summed E-state index contributed by atoms with van der Waals surface area (Å²) in [4.78, 5) is 8.82. The van der Waals surface area contributed by atoms with Gasteiger partial charge in [-0.15, -0.1) is 0 Å². The summed E-state index contributed by atoms with van der Waals surface area (Å²) in [5.74, 6) is 1.58. The third-order valence-electron chi connectivity index (χ3n) is 3.71. The number of hydrogen-bond acceptors (Lipinski definition) is 5. The first kappa shape index (κ1) is 16.7. The second-order valence-corrected chi connectivity index (χ2v) is 8.05. The lowest BCUT2D eigenvalue weighted by molar-refractivity contribution is 0.588. The molecule has 2 aromatic heterocycles. The van der Waals surface area contributed by atoms with Crippen molar-refractivity contribution in [1.82, 2.24) is 14.5 Å². The van der Waals surface area contributed by atoms with Crippen LogP contribution in [0.2, 0.25) is 0 Å².